The van der Waals surface area contributed by atoms with Crippen LogP contribution in [0.3, 0.4) is 0 Å². The maximum Gasteiger partial charge on any atom is 0.370 e. The average Bonchev–Trinajstić information content (AvgIpc) is 3.02. The van der Waals surface area contributed by atoms with Gasteiger partial charge >= 0.3 is 11.8 Å². The lowest BCUT2D eigenvalue weighted by Gasteiger charge is -2.40. The van der Waals surface area contributed by atoms with E-state index < -0.39 is 35.0 Å². The third kappa shape index (κ3) is 2.96. The number of esters is 1. The number of benzene rings is 2. The van der Waals surface area contributed by atoms with Crippen LogP contribution in [-0.2, 0) is 20.1 Å². The fraction of sp³-hybridized carbons (Fsp3) is 0.273. The minimum Gasteiger partial charge on any atom is -0.465 e. The summed E-state index contributed by atoms with van der Waals surface area (Å²) in [5, 5.41) is 0. The molecule has 7 nitrogen and oxygen atoms in total. The van der Waals surface area contributed by atoms with Gasteiger partial charge in [-0.25, -0.2) is 9.18 Å². The predicted octanol–water partition coefficient (Wildman–Crippen LogP) is 2.52. The number of alkyl halides is 1. The monoisotopic (exact) mass is 412 g/mol. The molecule has 2 aromatic rings. The number of methoxy groups -OCH3 is 1. The average molecular weight is 412 g/mol. The number of nitrogens with zero attached hydrogens (tertiary/aromatic N) is 2. The number of likely N-dealkylation sites (N-methyl/N-ethyl adjacent to an activating group) is 1. The fourth-order valence-corrected chi connectivity index (χ4v) is 3.59. The standard InChI is InChI=1S/C22H21FN2O5/c1-21(2,25-17(26)15-12-8-9-13-16(15)18(25)27)19(28)24(3)22(23,20(29)30-4)14-10-6-5-7-11-14/h5-13H,1-4H3/t22-/m1/s1. The van der Waals surface area contributed by atoms with Crippen LogP contribution in [0, 0.1) is 0 Å². The van der Waals surface area contributed by atoms with Gasteiger partial charge in [0.2, 0.25) is 0 Å². The van der Waals surface area contributed by atoms with E-state index in [2.05, 4.69) is 4.74 Å². The molecule has 1 atom stereocenters. The van der Waals surface area contributed by atoms with Gasteiger partial charge in [0.15, 0.2) is 0 Å². The third-order valence-corrected chi connectivity index (χ3v) is 5.26. The minimum absolute atomic E-state index is 0.120. The molecule has 0 radical (unpaired) electrons. The molecule has 0 aliphatic carbocycles. The van der Waals surface area contributed by atoms with Gasteiger partial charge in [0.05, 0.1) is 18.2 Å². The first kappa shape index (κ1) is 21.2. The third-order valence-electron chi connectivity index (χ3n) is 5.26. The Morgan fingerprint density at radius 1 is 0.933 bits per heavy atom. The van der Waals surface area contributed by atoms with Crippen molar-refractivity contribution in [2.75, 3.05) is 14.2 Å². The summed E-state index contributed by atoms with van der Waals surface area (Å²) in [5.41, 5.74) is -1.57. The highest BCUT2D eigenvalue weighted by atomic mass is 19.1. The van der Waals surface area contributed by atoms with Crippen molar-refractivity contribution < 1.29 is 28.3 Å². The molecule has 0 saturated heterocycles. The molecule has 0 spiro atoms. The van der Waals surface area contributed by atoms with Crippen LogP contribution in [0.25, 0.3) is 0 Å². The minimum atomic E-state index is -2.96. The molecule has 1 aliphatic heterocycles. The Hall–Kier alpha value is -3.55. The Morgan fingerprint density at radius 3 is 1.87 bits per heavy atom. The van der Waals surface area contributed by atoms with Gasteiger partial charge in [-0.3, -0.25) is 24.2 Å². The second-order valence-electron chi connectivity index (χ2n) is 7.39. The van der Waals surface area contributed by atoms with E-state index in [4.69, 9.17) is 0 Å². The molecule has 8 heteroatoms. The van der Waals surface area contributed by atoms with Gasteiger partial charge in [-0.2, -0.15) is 0 Å². The molecule has 1 aliphatic rings. The first-order valence-corrected chi connectivity index (χ1v) is 9.17. The number of carbonyl (C=O) groups is 4. The van der Waals surface area contributed by atoms with Gasteiger partial charge in [0.25, 0.3) is 17.7 Å². The summed E-state index contributed by atoms with van der Waals surface area (Å²) in [6, 6.07) is 13.5. The summed E-state index contributed by atoms with van der Waals surface area (Å²) < 4.78 is 20.7. The summed E-state index contributed by atoms with van der Waals surface area (Å²) in [6.07, 6.45) is 0. The second kappa shape index (κ2) is 7.37. The van der Waals surface area contributed by atoms with Gasteiger partial charge in [-0.05, 0) is 26.0 Å². The largest absolute Gasteiger partial charge is 0.465 e. The zero-order valence-corrected chi connectivity index (χ0v) is 17.0. The lowest BCUT2D eigenvalue weighted by atomic mass is 9.96. The predicted molar refractivity (Wildman–Crippen MR) is 105 cm³/mol. The van der Waals surface area contributed by atoms with Crippen molar-refractivity contribution in [2.45, 2.75) is 25.2 Å². The number of hydrogen-bond donors (Lipinski definition) is 0. The molecule has 3 amide bonds. The van der Waals surface area contributed by atoms with E-state index in [1.54, 1.807) is 18.2 Å². The second-order valence-corrected chi connectivity index (χ2v) is 7.39. The van der Waals surface area contributed by atoms with E-state index in [-0.39, 0.29) is 16.7 Å². The molecular weight excluding hydrogens is 391 g/mol. The Balaban J connectivity index is 2.03. The first-order valence-electron chi connectivity index (χ1n) is 9.17. The molecule has 1 heterocycles. The molecule has 30 heavy (non-hydrogen) atoms. The summed E-state index contributed by atoms with van der Waals surface area (Å²) >= 11 is 0. The topological polar surface area (TPSA) is 84.0 Å². The Morgan fingerprint density at radius 2 is 1.40 bits per heavy atom. The van der Waals surface area contributed by atoms with E-state index in [1.165, 1.54) is 50.2 Å². The maximum absolute atomic E-state index is 16.1. The Kier molecular flexibility index (Phi) is 5.20. The SMILES string of the molecule is COC(=O)[C@@](F)(c1ccccc1)N(C)C(=O)C(C)(C)N1C(=O)c2ccccc2C1=O. The fourth-order valence-electron chi connectivity index (χ4n) is 3.59. The van der Waals surface area contributed by atoms with E-state index in [0.717, 1.165) is 19.1 Å². The normalized spacial score (nSPS) is 15.4. The molecule has 156 valence electrons. The smallest absolute Gasteiger partial charge is 0.370 e. The zero-order valence-electron chi connectivity index (χ0n) is 17.0. The van der Waals surface area contributed by atoms with Gasteiger partial charge in [0, 0.05) is 12.6 Å². The van der Waals surface area contributed by atoms with Crippen LogP contribution in [-0.4, -0.2) is 53.2 Å². The zero-order chi connectivity index (χ0) is 22.3. The molecule has 0 fully saturated rings. The lowest BCUT2D eigenvalue weighted by Crippen LogP contribution is -2.62. The van der Waals surface area contributed by atoms with Crippen LogP contribution in [0.2, 0.25) is 0 Å². The van der Waals surface area contributed by atoms with Crippen molar-refractivity contribution in [3.05, 3.63) is 71.3 Å². The molecule has 0 aromatic heterocycles. The first-order chi connectivity index (χ1) is 14.1. The number of hydrogen-bond acceptors (Lipinski definition) is 5. The number of fused-ring (bicyclic) bond motifs is 1. The van der Waals surface area contributed by atoms with Crippen molar-refractivity contribution in [3.8, 4) is 0 Å². The van der Waals surface area contributed by atoms with Crippen molar-refractivity contribution in [1.82, 2.24) is 9.80 Å². The maximum atomic E-state index is 16.1. The van der Waals surface area contributed by atoms with Gasteiger partial charge in [-0.1, -0.05) is 42.5 Å². The van der Waals surface area contributed by atoms with Crippen LogP contribution in [0.1, 0.15) is 40.1 Å². The highest BCUT2D eigenvalue weighted by Gasteiger charge is 2.55. The number of carbonyl (C=O) groups excluding carboxylic acids is 4. The van der Waals surface area contributed by atoms with Crippen LogP contribution in [0.5, 0.6) is 0 Å². The van der Waals surface area contributed by atoms with E-state index in [0.29, 0.717) is 4.90 Å². The van der Waals surface area contributed by atoms with E-state index in [9.17, 15) is 19.2 Å². The number of halogens is 1. The molecule has 0 saturated carbocycles. The number of rotatable bonds is 5. The molecule has 0 unspecified atom stereocenters. The summed E-state index contributed by atoms with van der Waals surface area (Å²) in [4.78, 5) is 52.8. The van der Waals surface area contributed by atoms with Gasteiger partial charge in [-0.15, -0.1) is 0 Å². The van der Waals surface area contributed by atoms with Crippen molar-refractivity contribution in [1.29, 1.82) is 0 Å². The highest BCUT2D eigenvalue weighted by molar-refractivity contribution is 6.23. The number of imide groups is 1. The summed E-state index contributed by atoms with van der Waals surface area (Å²) in [7, 11) is 2.10. The quantitative estimate of drug-likeness (QED) is 0.428. The molecule has 0 N–H and O–H groups in total. The van der Waals surface area contributed by atoms with E-state index >= 15 is 4.39 Å². The molecule has 3 rings (SSSR count). The van der Waals surface area contributed by atoms with Gasteiger partial charge in [0.1, 0.15) is 5.54 Å². The van der Waals surface area contributed by atoms with Crippen LogP contribution in [0.4, 0.5) is 4.39 Å². The lowest BCUT2D eigenvalue weighted by molar-refractivity contribution is -0.179. The molecular formula is C22H21FN2O5. The van der Waals surface area contributed by atoms with Crippen LogP contribution in [0.15, 0.2) is 54.6 Å². The van der Waals surface area contributed by atoms with Crippen molar-refractivity contribution in [3.63, 3.8) is 0 Å². The molecule has 0 bridgehead atoms. The van der Waals surface area contributed by atoms with E-state index in [1.807, 2.05) is 0 Å². The highest BCUT2D eigenvalue weighted by Crippen LogP contribution is 2.36. The van der Waals surface area contributed by atoms with Crippen LogP contribution < -0.4 is 0 Å². The van der Waals surface area contributed by atoms with Gasteiger partial charge < -0.3 is 4.74 Å². The summed E-state index contributed by atoms with van der Waals surface area (Å²) in [6.45, 7) is 2.66. The number of ether oxygens (including phenoxy) is 1. The number of amides is 3. The van der Waals surface area contributed by atoms with Crippen molar-refractivity contribution >= 4 is 23.7 Å². The summed E-state index contributed by atoms with van der Waals surface area (Å²) in [5.74, 6) is -6.53. The van der Waals surface area contributed by atoms with Crippen molar-refractivity contribution in [2.24, 2.45) is 0 Å². The van der Waals surface area contributed by atoms with Crippen LogP contribution >= 0.6 is 0 Å². The molecule has 2 aromatic carbocycles. The Bertz CT molecular complexity index is 1000. The Labute approximate surface area is 173 Å².